The van der Waals surface area contributed by atoms with E-state index in [0.717, 1.165) is 17.5 Å². The van der Waals surface area contributed by atoms with Crippen LogP contribution in [0.1, 0.15) is 44.1 Å². The van der Waals surface area contributed by atoms with Crippen molar-refractivity contribution in [1.82, 2.24) is 20.3 Å². The van der Waals surface area contributed by atoms with Crippen molar-refractivity contribution >= 4 is 11.9 Å². The van der Waals surface area contributed by atoms with Gasteiger partial charge >= 0.3 is 5.97 Å². The normalized spacial score (nSPS) is 13.8. The lowest BCUT2D eigenvalue weighted by Gasteiger charge is -2.16. The van der Waals surface area contributed by atoms with Gasteiger partial charge in [-0.15, -0.1) is 5.10 Å². The number of amides is 1. The zero-order valence-corrected chi connectivity index (χ0v) is 11.5. The second kappa shape index (κ2) is 6.86. The average molecular weight is 268 g/mol. The van der Waals surface area contributed by atoms with Crippen molar-refractivity contribution in [2.45, 2.75) is 46.2 Å². The quantitative estimate of drug-likeness (QED) is 0.766. The highest BCUT2D eigenvalue weighted by atomic mass is 16.4. The Bertz CT molecular complexity index is 444. The first-order chi connectivity index (χ1) is 8.92. The minimum absolute atomic E-state index is 0.0482. The summed E-state index contributed by atoms with van der Waals surface area (Å²) in [4.78, 5) is 22.3. The van der Waals surface area contributed by atoms with Crippen LogP contribution < -0.4 is 5.32 Å². The Morgan fingerprint density at radius 2 is 2.16 bits per heavy atom. The van der Waals surface area contributed by atoms with Gasteiger partial charge in [0.1, 0.15) is 6.54 Å². The molecule has 1 rings (SSSR count). The molecule has 0 fully saturated rings. The number of aliphatic carboxylic acids is 1. The maximum atomic E-state index is 11.8. The summed E-state index contributed by atoms with van der Waals surface area (Å²) in [5.74, 6) is -0.813. The summed E-state index contributed by atoms with van der Waals surface area (Å²) in [6.07, 6.45) is 3.29. The van der Waals surface area contributed by atoms with Gasteiger partial charge in [-0.3, -0.25) is 9.59 Å². The van der Waals surface area contributed by atoms with E-state index in [-0.39, 0.29) is 24.2 Å². The fourth-order valence-electron chi connectivity index (χ4n) is 1.75. The molecule has 7 heteroatoms. The van der Waals surface area contributed by atoms with Crippen LogP contribution in [-0.2, 0) is 11.3 Å². The van der Waals surface area contributed by atoms with E-state index in [1.54, 1.807) is 0 Å². The number of hydrogen-bond acceptors (Lipinski definition) is 4. The molecular formula is C12H20N4O3. The predicted octanol–water partition coefficient (Wildman–Crippen LogP) is 0.917. The fraction of sp³-hybridized carbons (Fsp3) is 0.667. The van der Waals surface area contributed by atoms with Crippen LogP contribution in [0.5, 0.6) is 0 Å². The Kier molecular flexibility index (Phi) is 5.47. The molecule has 0 saturated heterocycles. The van der Waals surface area contributed by atoms with Crippen LogP contribution in [0.3, 0.4) is 0 Å². The van der Waals surface area contributed by atoms with Crippen LogP contribution in [0, 0.1) is 5.92 Å². The number of carbonyl (C=O) groups is 2. The average Bonchev–Trinajstić information content (AvgIpc) is 2.76. The first-order valence-corrected chi connectivity index (χ1v) is 6.35. The molecule has 0 aliphatic rings. The van der Waals surface area contributed by atoms with Crippen LogP contribution in [0.25, 0.3) is 0 Å². The smallest absolute Gasteiger partial charge is 0.325 e. The molecule has 0 bridgehead atoms. The number of nitrogens with zero attached hydrogens (tertiary/aromatic N) is 3. The molecular weight excluding hydrogens is 248 g/mol. The Hall–Kier alpha value is -1.92. The predicted molar refractivity (Wildman–Crippen MR) is 68.7 cm³/mol. The summed E-state index contributed by atoms with van der Waals surface area (Å²) >= 11 is 0. The zero-order chi connectivity index (χ0) is 14.4. The topological polar surface area (TPSA) is 97.1 Å². The van der Waals surface area contributed by atoms with E-state index in [0.29, 0.717) is 5.92 Å². The van der Waals surface area contributed by atoms with Crippen molar-refractivity contribution in [1.29, 1.82) is 0 Å². The van der Waals surface area contributed by atoms with E-state index in [4.69, 9.17) is 5.11 Å². The van der Waals surface area contributed by atoms with Crippen molar-refractivity contribution < 1.29 is 14.7 Å². The van der Waals surface area contributed by atoms with Gasteiger partial charge in [0.05, 0.1) is 6.20 Å². The Morgan fingerprint density at radius 1 is 1.47 bits per heavy atom. The van der Waals surface area contributed by atoms with Crippen molar-refractivity contribution in [3.63, 3.8) is 0 Å². The molecule has 1 aromatic heterocycles. The highest BCUT2D eigenvalue weighted by Gasteiger charge is 2.15. The molecule has 1 aromatic rings. The van der Waals surface area contributed by atoms with E-state index in [9.17, 15) is 9.59 Å². The van der Waals surface area contributed by atoms with Gasteiger partial charge in [-0.25, -0.2) is 4.68 Å². The van der Waals surface area contributed by atoms with Crippen LogP contribution in [0.4, 0.5) is 0 Å². The third kappa shape index (κ3) is 5.07. The van der Waals surface area contributed by atoms with Crippen molar-refractivity contribution in [3.05, 3.63) is 11.9 Å². The lowest BCUT2D eigenvalue weighted by atomic mass is 10.0. The number of nitrogens with one attached hydrogen (secondary N) is 1. The zero-order valence-electron chi connectivity index (χ0n) is 11.5. The van der Waals surface area contributed by atoms with Gasteiger partial charge in [0.15, 0.2) is 5.69 Å². The number of rotatable bonds is 7. The molecule has 1 amide bonds. The van der Waals surface area contributed by atoms with E-state index in [2.05, 4.69) is 29.5 Å². The number of carboxylic acid groups (broad SMARTS) is 1. The summed E-state index contributed by atoms with van der Waals surface area (Å²) in [5.41, 5.74) is 0.136. The summed E-state index contributed by atoms with van der Waals surface area (Å²) < 4.78 is 1.12. The molecule has 1 heterocycles. The van der Waals surface area contributed by atoms with Crippen LogP contribution >= 0.6 is 0 Å². The van der Waals surface area contributed by atoms with Crippen LogP contribution in [0.2, 0.25) is 0 Å². The van der Waals surface area contributed by atoms with Gasteiger partial charge in [0.25, 0.3) is 5.91 Å². The molecule has 7 nitrogen and oxygen atoms in total. The van der Waals surface area contributed by atoms with Crippen molar-refractivity contribution in [2.24, 2.45) is 5.92 Å². The highest BCUT2D eigenvalue weighted by molar-refractivity contribution is 5.92. The number of carboxylic acids is 1. The maximum Gasteiger partial charge on any atom is 0.325 e. The summed E-state index contributed by atoms with van der Waals surface area (Å²) in [6, 6.07) is 0.0482. The van der Waals surface area contributed by atoms with Gasteiger partial charge in [-0.05, 0) is 19.3 Å². The Labute approximate surface area is 112 Å². The molecule has 0 aromatic carbocycles. The van der Waals surface area contributed by atoms with Crippen LogP contribution in [-0.4, -0.2) is 38.0 Å². The third-order valence-electron chi connectivity index (χ3n) is 2.90. The molecule has 0 saturated carbocycles. The molecule has 2 N–H and O–H groups in total. The lowest BCUT2D eigenvalue weighted by Crippen LogP contribution is -2.34. The molecule has 0 aliphatic carbocycles. The highest BCUT2D eigenvalue weighted by Crippen LogP contribution is 2.09. The third-order valence-corrected chi connectivity index (χ3v) is 2.90. The molecule has 2 unspecified atom stereocenters. The first-order valence-electron chi connectivity index (χ1n) is 6.35. The largest absolute Gasteiger partial charge is 0.480 e. The maximum absolute atomic E-state index is 11.8. The number of aromatic nitrogens is 3. The van der Waals surface area contributed by atoms with E-state index < -0.39 is 5.97 Å². The van der Waals surface area contributed by atoms with Gasteiger partial charge in [0, 0.05) is 6.04 Å². The van der Waals surface area contributed by atoms with Crippen molar-refractivity contribution in [3.8, 4) is 0 Å². The second-order valence-electron chi connectivity index (χ2n) is 4.82. The first kappa shape index (κ1) is 15.1. The SMILES string of the molecule is CCC(C)CC(C)NC(=O)c1cn(CC(=O)O)nn1. The summed E-state index contributed by atoms with van der Waals surface area (Å²) in [6.45, 7) is 5.87. The number of hydrogen-bond donors (Lipinski definition) is 2. The molecule has 0 aliphatic heterocycles. The minimum Gasteiger partial charge on any atom is -0.480 e. The van der Waals surface area contributed by atoms with E-state index in [1.807, 2.05) is 6.92 Å². The molecule has 106 valence electrons. The number of carbonyl (C=O) groups excluding carboxylic acids is 1. The monoisotopic (exact) mass is 268 g/mol. The fourth-order valence-corrected chi connectivity index (χ4v) is 1.75. The standard InChI is InChI=1S/C12H20N4O3/c1-4-8(2)5-9(3)13-12(19)10-6-16(15-14-10)7-11(17)18/h6,8-9H,4-5,7H2,1-3H3,(H,13,19)(H,17,18). The van der Waals surface area contributed by atoms with Gasteiger partial charge in [0.2, 0.25) is 0 Å². The summed E-state index contributed by atoms with van der Waals surface area (Å²) in [7, 11) is 0. The molecule has 19 heavy (non-hydrogen) atoms. The van der Waals surface area contributed by atoms with Crippen LogP contribution in [0.15, 0.2) is 6.20 Å². The second-order valence-corrected chi connectivity index (χ2v) is 4.82. The molecule has 0 spiro atoms. The van der Waals surface area contributed by atoms with Gasteiger partial charge in [-0.2, -0.15) is 0 Å². The van der Waals surface area contributed by atoms with Gasteiger partial charge in [-0.1, -0.05) is 25.5 Å². The van der Waals surface area contributed by atoms with Gasteiger partial charge < -0.3 is 10.4 Å². The van der Waals surface area contributed by atoms with E-state index >= 15 is 0 Å². The molecule has 0 radical (unpaired) electrons. The Morgan fingerprint density at radius 3 is 2.74 bits per heavy atom. The van der Waals surface area contributed by atoms with Crippen molar-refractivity contribution in [2.75, 3.05) is 0 Å². The van der Waals surface area contributed by atoms with E-state index in [1.165, 1.54) is 6.20 Å². The molecule has 2 atom stereocenters. The lowest BCUT2D eigenvalue weighted by molar-refractivity contribution is -0.137. The Balaban J connectivity index is 2.53. The minimum atomic E-state index is -1.03. The summed E-state index contributed by atoms with van der Waals surface area (Å²) in [5, 5.41) is 18.7.